The van der Waals surface area contributed by atoms with Gasteiger partial charge in [0.1, 0.15) is 6.10 Å². The summed E-state index contributed by atoms with van der Waals surface area (Å²) in [5.41, 5.74) is 1.12. The number of para-hydroxylation sites is 1. The van der Waals surface area contributed by atoms with Crippen LogP contribution in [0.3, 0.4) is 0 Å². The molecule has 1 N–H and O–H groups in total. The average molecular weight is 410 g/mol. The van der Waals surface area contributed by atoms with E-state index in [1.54, 1.807) is 12.1 Å². The van der Waals surface area contributed by atoms with Crippen LogP contribution in [0.4, 0.5) is 5.69 Å². The number of amides is 1. The first-order valence-electron chi connectivity index (χ1n) is 9.55. The zero-order valence-electron chi connectivity index (χ0n) is 16.2. The van der Waals surface area contributed by atoms with Gasteiger partial charge in [0.05, 0.1) is 23.3 Å². The number of carbonyl (C=O) groups is 2. The summed E-state index contributed by atoms with van der Waals surface area (Å²) in [6.45, 7) is 3.70. The zero-order chi connectivity index (χ0) is 21.5. The lowest BCUT2D eigenvalue weighted by Gasteiger charge is -2.38. The van der Waals surface area contributed by atoms with Crippen LogP contribution < -0.4 is 5.32 Å². The van der Waals surface area contributed by atoms with E-state index in [0.717, 1.165) is 5.56 Å². The Morgan fingerprint density at radius 3 is 2.57 bits per heavy atom. The van der Waals surface area contributed by atoms with Crippen molar-refractivity contribution < 1.29 is 24.3 Å². The molecule has 1 aliphatic rings. The van der Waals surface area contributed by atoms with Crippen molar-refractivity contribution in [1.82, 2.24) is 5.32 Å². The van der Waals surface area contributed by atoms with Crippen molar-refractivity contribution in [2.45, 2.75) is 31.4 Å². The number of carbonyl (C=O) groups excluding carboxylic acids is 2. The smallest absolute Gasteiger partial charge is 0.346 e. The third kappa shape index (κ3) is 5.09. The summed E-state index contributed by atoms with van der Waals surface area (Å²) in [4.78, 5) is 45.2. The number of nitro benzene ring substituents is 1. The van der Waals surface area contributed by atoms with E-state index in [-0.39, 0.29) is 29.6 Å². The van der Waals surface area contributed by atoms with Crippen molar-refractivity contribution in [3.8, 4) is 0 Å². The van der Waals surface area contributed by atoms with E-state index < -0.39 is 22.9 Å². The number of hydrogen-bond acceptors (Lipinski definition) is 6. The lowest BCUT2D eigenvalue weighted by molar-refractivity contribution is -0.385. The monoisotopic (exact) mass is 410 g/mol. The summed E-state index contributed by atoms with van der Waals surface area (Å²) in [5.74, 6) is -1.50. The van der Waals surface area contributed by atoms with Gasteiger partial charge in [-0.25, -0.2) is 4.79 Å². The molecule has 0 radical (unpaired) electrons. The molecule has 0 saturated carbocycles. The van der Waals surface area contributed by atoms with Crippen LogP contribution in [-0.2, 0) is 32.2 Å². The van der Waals surface area contributed by atoms with Gasteiger partial charge in [-0.05, 0) is 18.4 Å². The molecule has 8 nitrogen and oxygen atoms in total. The van der Waals surface area contributed by atoms with Crippen molar-refractivity contribution in [3.05, 3.63) is 88.5 Å². The Bertz CT molecular complexity index is 930. The molecule has 0 spiro atoms. The Morgan fingerprint density at radius 1 is 1.20 bits per heavy atom. The van der Waals surface area contributed by atoms with Gasteiger partial charge in [0.2, 0.25) is 5.91 Å². The third-order valence-corrected chi connectivity index (χ3v) is 5.00. The molecule has 156 valence electrons. The van der Waals surface area contributed by atoms with Gasteiger partial charge in [0.25, 0.3) is 5.69 Å². The average Bonchev–Trinajstić information content (AvgIpc) is 2.74. The molecule has 0 aromatic heterocycles. The third-order valence-electron chi connectivity index (χ3n) is 5.00. The zero-order valence-corrected chi connectivity index (χ0v) is 16.2. The number of aryl methyl sites for hydroxylation is 1. The highest BCUT2D eigenvalue weighted by atomic mass is 17.2. The molecule has 0 bridgehead atoms. The second kappa shape index (κ2) is 9.80. The van der Waals surface area contributed by atoms with Crippen molar-refractivity contribution in [3.63, 3.8) is 0 Å². The Morgan fingerprint density at radius 2 is 1.90 bits per heavy atom. The molecule has 1 fully saturated rings. The molecule has 1 aliphatic heterocycles. The fourth-order valence-corrected chi connectivity index (χ4v) is 3.40. The number of nitro groups is 1. The first-order valence-corrected chi connectivity index (χ1v) is 9.55. The van der Waals surface area contributed by atoms with Crippen LogP contribution in [0, 0.1) is 16.0 Å². The van der Waals surface area contributed by atoms with Crippen LogP contribution in [0.5, 0.6) is 0 Å². The SMILES string of the molecule is C=C[C@@H]1NC(=O)[C@@H]1C(CCc1ccccc1)OOC(=O)Cc1ccccc1[N+](=O)[O-]. The minimum absolute atomic E-state index is 0.167. The Hall–Kier alpha value is -3.52. The van der Waals surface area contributed by atoms with E-state index in [1.165, 1.54) is 18.2 Å². The van der Waals surface area contributed by atoms with Gasteiger partial charge in [-0.1, -0.05) is 54.6 Å². The van der Waals surface area contributed by atoms with Crippen molar-refractivity contribution in [1.29, 1.82) is 0 Å². The maximum atomic E-state index is 12.2. The topological polar surface area (TPSA) is 108 Å². The summed E-state index contributed by atoms with van der Waals surface area (Å²) >= 11 is 0. The molecule has 0 aliphatic carbocycles. The predicted octanol–water partition coefficient (Wildman–Crippen LogP) is 2.91. The number of benzene rings is 2. The number of nitrogens with zero attached hydrogens (tertiary/aromatic N) is 1. The summed E-state index contributed by atoms with van der Waals surface area (Å²) in [6, 6.07) is 15.3. The van der Waals surface area contributed by atoms with E-state index in [4.69, 9.17) is 9.78 Å². The van der Waals surface area contributed by atoms with E-state index in [1.807, 2.05) is 30.3 Å². The first-order chi connectivity index (χ1) is 14.5. The number of rotatable bonds is 10. The molecule has 1 unspecified atom stereocenters. The van der Waals surface area contributed by atoms with Gasteiger partial charge in [-0.3, -0.25) is 19.8 Å². The minimum atomic E-state index is -0.774. The number of nitrogens with one attached hydrogen (secondary N) is 1. The molecular weight excluding hydrogens is 388 g/mol. The summed E-state index contributed by atoms with van der Waals surface area (Å²) < 4.78 is 0. The lowest BCUT2D eigenvalue weighted by atomic mass is 9.83. The Labute approximate surface area is 173 Å². The van der Waals surface area contributed by atoms with Crippen LogP contribution >= 0.6 is 0 Å². The normalized spacial score (nSPS) is 18.6. The number of β-lactam (4-membered cyclic amide) rings is 1. The fraction of sp³-hybridized carbons (Fsp3) is 0.273. The van der Waals surface area contributed by atoms with Crippen molar-refractivity contribution >= 4 is 17.6 Å². The molecule has 8 heteroatoms. The Balaban J connectivity index is 1.64. The largest absolute Gasteiger partial charge is 0.349 e. The summed E-state index contributed by atoms with van der Waals surface area (Å²) in [7, 11) is 0. The highest BCUT2D eigenvalue weighted by Gasteiger charge is 2.44. The maximum Gasteiger partial charge on any atom is 0.346 e. The second-order valence-electron chi connectivity index (χ2n) is 6.97. The molecular formula is C22H22N2O6. The van der Waals surface area contributed by atoms with Gasteiger partial charge in [0, 0.05) is 11.6 Å². The van der Waals surface area contributed by atoms with Crippen LogP contribution in [0.25, 0.3) is 0 Å². The first kappa shape index (κ1) is 21.2. The molecule has 1 heterocycles. The van der Waals surface area contributed by atoms with E-state index in [2.05, 4.69) is 11.9 Å². The molecule has 30 heavy (non-hydrogen) atoms. The quantitative estimate of drug-likeness (QED) is 0.212. The minimum Gasteiger partial charge on any atom is -0.349 e. The molecule has 3 rings (SSSR count). The van der Waals surface area contributed by atoms with Crippen molar-refractivity contribution in [2.24, 2.45) is 5.92 Å². The van der Waals surface area contributed by atoms with E-state index in [9.17, 15) is 19.7 Å². The Kier molecular flexibility index (Phi) is 6.92. The second-order valence-corrected chi connectivity index (χ2v) is 6.97. The molecule has 1 saturated heterocycles. The molecule has 1 amide bonds. The maximum absolute atomic E-state index is 12.2. The van der Waals surface area contributed by atoms with Gasteiger partial charge >= 0.3 is 5.97 Å². The van der Waals surface area contributed by atoms with Crippen molar-refractivity contribution in [2.75, 3.05) is 0 Å². The number of hydrogen-bond donors (Lipinski definition) is 1. The van der Waals surface area contributed by atoms with E-state index >= 15 is 0 Å². The summed E-state index contributed by atoms with van der Waals surface area (Å²) in [5, 5.41) is 13.8. The van der Waals surface area contributed by atoms with Gasteiger partial charge in [-0.15, -0.1) is 6.58 Å². The summed E-state index contributed by atoms with van der Waals surface area (Å²) in [6.07, 6.45) is 1.70. The van der Waals surface area contributed by atoms with Gasteiger partial charge in [0.15, 0.2) is 0 Å². The molecule has 2 aromatic rings. The van der Waals surface area contributed by atoms with Gasteiger partial charge < -0.3 is 5.32 Å². The van der Waals surface area contributed by atoms with Crippen LogP contribution in [0.15, 0.2) is 67.3 Å². The van der Waals surface area contributed by atoms with Crippen LogP contribution in [0.2, 0.25) is 0 Å². The predicted molar refractivity (Wildman–Crippen MR) is 108 cm³/mol. The highest BCUT2D eigenvalue weighted by molar-refractivity contribution is 5.87. The van der Waals surface area contributed by atoms with Crippen LogP contribution in [0.1, 0.15) is 17.5 Å². The van der Waals surface area contributed by atoms with Gasteiger partial charge in [-0.2, -0.15) is 4.89 Å². The lowest BCUT2D eigenvalue weighted by Crippen LogP contribution is -2.61. The standard InChI is InChI=1S/C22H22N2O6/c1-2-17-21(22(26)23-17)19(13-12-15-8-4-3-5-9-15)29-30-20(25)14-16-10-6-7-11-18(16)24(27)28/h2-11,17,19,21H,1,12-14H2,(H,23,26)/t17-,19?,21-/m0/s1. The van der Waals surface area contributed by atoms with Crippen LogP contribution in [-0.4, -0.2) is 28.9 Å². The van der Waals surface area contributed by atoms with E-state index in [0.29, 0.717) is 12.8 Å². The molecule has 2 aromatic carbocycles. The fourth-order valence-electron chi connectivity index (χ4n) is 3.40. The molecule has 3 atom stereocenters. The highest BCUT2D eigenvalue weighted by Crippen LogP contribution is 2.26.